The number of hydrogen-bond donors (Lipinski definition) is 1. The Morgan fingerprint density at radius 2 is 2.00 bits per heavy atom. The van der Waals surface area contributed by atoms with Crippen molar-refractivity contribution in [1.82, 2.24) is 10.3 Å². The fourth-order valence-electron chi connectivity index (χ4n) is 5.12. The van der Waals surface area contributed by atoms with Crippen LogP contribution < -0.4 is 5.43 Å². The Hall–Kier alpha value is -2.50. The molecule has 1 aliphatic heterocycles. The SMILES string of the molecule is CC1(C)[C@@H]2CC[C@@]1(C)/C(=N/NC(=O)CCN1C(=O)Cc3ccccc3C1=O)C2. The van der Waals surface area contributed by atoms with E-state index in [1.165, 1.54) is 11.3 Å². The minimum absolute atomic E-state index is 0.0352. The lowest BCUT2D eigenvalue weighted by Gasteiger charge is -2.34. The molecule has 4 rings (SSSR count). The van der Waals surface area contributed by atoms with Crippen LogP contribution in [-0.2, 0) is 16.0 Å². The average Bonchev–Trinajstić information content (AvgIpc) is 2.99. The van der Waals surface area contributed by atoms with Crippen molar-refractivity contribution in [3.63, 3.8) is 0 Å². The number of rotatable bonds is 4. The monoisotopic (exact) mass is 381 g/mol. The summed E-state index contributed by atoms with van der Waals surface area (Å²) in [5, 5.41) is 4.44. The zero-order chi connectivity index (χ0) is 20.1. The zero-order valence-electron chi connectivity index (χ0n) is 16.7. The van der Waals surface area contributed by atoms with E-state index in [1.54, 1.807) is 18.2 Å². The van der Waals surface area contributed by atoms with Crippen LogP contribution in [0.1, 0.15) is 62.4 Å². The van der Waals surface area contributed by atoms with Crippen LogP contribution in [0.5, 0.6) is 0 Å². The molecule has 2 bridgehead atoms. The third-order valence-corrected chi connectivity index (χ3v) is 7.53. The highest BCUT2D eigenvalue weighted by Gasteiger charge is 2.60. The van der Waals surface area contributed by atoms with Gasteiger partial charge in [0.1, 0.15) is 0 Å². The number of fused-ring (bicyclic) bond motifs is 3. The van der Waals surface area contributed by atoms with Gasteiger partial charge in [0, 0.05) is 29.7 Å². The molecule has 6 nitrogen and oxygen atoms in total. The first-order valence-corrected chi connectivity index (χ1v) is 10.0. The van der Waals surface area contributed by atoms with Crippen LogP contribution in [0, 0.1) is 16.7 Å². The lowest BCUT2D eigenvalue weighted by molar-refractivity contribution is -0.129. The van der Waals surface area contributed by atoms with E-state index < -0.39 is 0 Å². The van der Waals surface area contributed by atoms with Crippen LogP contribution in [-0.4, -0.2) is 34.9 Å². The molecule has 1 heterocycles. The molecule has 28 heavy (non-hydrogen) atoms. The lowest BCUT2D eigenvalue weighted by atomic mass is 9.70. The second-order valence-electron chi connectivity index (χ2n) is 9.02. The molecule has 0 radical (unpaired) electrons. The maximum atomic E-state index is 12.6. The third-order valence-electron chi connectivity index (χ3n) is 7.53. The van der Waals surface area contributed by atoms with E-state index in [-0.39, 0.29) is 47.9 Å². The number of nitrogens with zero attached hydrogens (tertiary/aromatic N) is 2. The number of carbonyl (C=O) groups excluding carboxylic acids is 3. The molecule has 1 aromatic rings. The van der Waals surface area contributed by atoms with Crippen molar-refractivity contribution in [2.24, 2.45) is 21.8 Å². The van der Waals surface area contributed by atoms with Gasteiger partial charge in [0.15, 0.2) is 0 Å². The van der Waals surface area contributed by atoms with Gasteiger partial charge in [-0.2, -0.15) is 5.10 Å². The molecule has 0 spiro atoms. The first-order valence-electron chi connectivity index (χ1n) is 10.0. The predicted molar refractivity (Wildman–Crippen MR) is 106 cm³/mol. The quantitative estimate of drug-likeness (QED) is 0.643. The van der Waals surface area contributed by atoms with Gasteiger partial charge >= 0.3 is 0 Å². The van der Waals surface area contributed by atoms with E-state index in [0.29, 0.717) is 11.5 Å². The molecule has 148 valence electrons. The number of hydrogen-bond acceptors (Lipinski definition) is 4. The topological polar surface area (TPSA) is 78.8 Å². The molecule has 2 saturated carbocycles. The molecule has 2 atom stereocenters. The van der Waals surface area contributed by atoms with E-state index in [0.717, 1.165) is 24.1 Å². The van der Waals surface area contributed by atoms with Crippen LogP contribution in [0.2, 0.25) is 0 Å². The molecule has 1 N–H and O–H groups in total. The summed E-state index contributed by atoms with van der Waals surface area (Å²) in [5.74, 6) is -0.230. The van der Waals surface area contributed by atoms with Gasteiger partial charge in [-0.25, -0.2) is 5.43 Å². The summed E-state index contributed by atoms with van der Waals surface area (Å²) in [7, 11) is 0. The minimum Gasteiger partial charge on any atom is -0.278 e. The van der Waals surface area contributed by atoms with Crippen molar-refractivity contribution in [3.8, 4) is 0 Å². The molecule has 2 aliphatic carbocycles. The summed E-state index contributed by atoms with van der Waals surface area (Å²) in [6.07, 6.45) is 3.51. The molecule has 6 heteroatoms. The van der Waals surface area contributed by atoms with Gasteiger partial charge in [0.2, 0.25) is 11.8 Å². The summed E-state index contributed by atoms with van der Waals surface area (Å²) < 4.78 is 0. The molecule has 0 unspecified atom stereocenters. The molecule has 0 saturated heterocycles. The minimum atomic E-state index is -0.326. The molecule has 1 aromatic carbocycles. The predicted octanol–water partition coefficient (Wildman–Crippen LogP) is 2.92. The number of benzene rings is 1. The second kappa shape index (κ2) is 6.54. The highest BCUT2D eigenvalue weighted by molar-refractivity contribution is 6.09. The number of nitrogens with one attached hydrogen (secondary N) is 1. The molecule has 2 fully saturated rings. The maximum Gasteiger partial charge on any atom is 0.260 e. The van der Waals surface area contributed by atoms with Gasteiger partial charge in [0.25, 0.3) is 5.91 Å². The summed E-state index contributed by atoms with van der Waals surface area (Å²) >= 11 is 0. The molecule has 3 amide bonds. The Balaban J connectivity index is 1.37. The van der Waals surface area contributed by atoms with Crippen LogP contribution in [0.25, 0.3) is 0 Å². The first kappa shape index (κ1) is 18.8. The van der Waals surface area contributed by atoms with Crippen LogP contribution in [0.4, 0.5) is 0 Å². The van der Waals surface area contributed by atoms with Gasteiger partial charge in [-0.1, -0.05) is 39.0 Å². The van der Waals surface area contributed by atoms with Crippen LogP contribution >= 0.6 is 0 Å². The normalized spacial score (nSPS) is 29.3. The van der Waals surface area contributed by atoms with E-state index in [9.17, 15) is 14.4 Å². The van der Waals surface area contributed by atoms with Crippen molar-refractivity contribution >= 4 is 23.4 Å². The largest absolute Gasteiger partial charge is 0.278 e. The number of amides is 3. The van der Waals surface area contributed by atoms with Crippen molar-refractivity contribution in [2.75, 3.05) is 6.54 Å². The van der Waals surface area contributed by atoms with Crippen molar-refractivity contribution in [3.05, 3.63) is 35.4 Å². The lowest BCUT2D eigenvalue weighted by Crippen LogP contribution is -2.44. The molecule has 3 aliphatic rings. The Kier molecular flexibility index (Phi) is 4.40. The second-order valence-corrected chi connectivity index (χ2v) is 9.02. The highest BCUT2D eigenvalue weighted by atomic mass is 16.2. The Morgan fingerprint density at radius 3 is 2.68 bits per heavy atom. The number of hydrazone groups is 1. The standard InChI is InChI=1S/C22H27N3O3/c1-21(2)15-8-10-22(21,3)17(13-15)23-24-18(26)9-11-25-19(27)12-14-6-4-5-7-16(14)20(25)28/h4-7,15H,8-13H2,1-3H3,(H,24,26)/b23-17+/t15-,22+/m1/s1. The van der Waals surface area contributed by atoms with E-state index in [1.807, 2.05) is 6.07 Å². The average molecular weight is 381 g/mol. The number of carbonyl (C=O) groups is 3. The maximum absolute atomic E-state index is 12.6. The van der Waals surface area contributed by atoms with Gasteiger partial charge in [-0.15, -0.1) is 0 Å². The van der Waals surface area contributed by atoms with Gasteiger partial charge in [-0.3, -0.25) is 19.3 Å². The summed E-state index contributed by atoms with van der Waals surface area (Å²) in [6.45, 7) is 6.91. The molecular formula is C22H27N3O3. The molecular weight excluding hydrogens is 354 g/mol. The summed E-state index contributed by atoms with van der Waals surface area (Å²) in [5.41, 5.74) is 5.26. The van der Waals surface area contributed by atoms with Crippen molar-refractivity contribution < 1.29 is 14.4 Å². The smallest absolute Gasteiger partial charge is 0.260 e. The fourth-order valence-corrected chi connectivity index (χ4v) is 5.12. The Bertz CT molecular complexity index is 889. The summed E-state index contributed by atoms with van der Waals surface area (Å²) in [4.78, 5) is 38.3. The van der Waals surface area contributed by atoms with Crippen molar-refractivity contribution in [1.29, 1.82) is 0 Å². The van der Waals surface area contributed by atoms with Crippen LogP contribution in [0.15, 0.2) is 29.4 Å². The number of imide groups is 1. The third kappa shape index (κ3) is 2.77. The Labute approximate surface area is 165 Å². The molecule has 0 aromatic heterocycles. The Morgan fingerprint density at radius 1 is 1.25 bits per heavy atom. The highest BCUT2D eigenvalue weighted by Crippen LogP contribution is 2.63. The van der Waals surface area contributed by atoms with E-state index in [4.69, 9.17) is 0 Å². The first-order chi connectivity index (χ1) is 13.2. The van der Waals surface area contributed by atoms with Gasteiger partial charge in [0.05, 0.1) is 6.42 Å². The van der Waals surface area contributed by atoms with E-state index >= 15 is 0 Å². The van der Waals surface area contributed by atoms with Crippen molar-refractivity contribution in [2.45, 2.75) is 52.9 Å². The van der Waals surface area contributed by atoms with Gasteiger partial charge < -0.3 is 0 Å². The zero-order valence-corrected chi connectivity index (χ0v) is 16.7. The van der Waals surface area contributed by atoms with Gasteiger partial charge in [-0.05, 0) is 42.2 Å². The van der Waals surface area contributed by atoms with E-state index in [2.05, 4.69) is 31.3 Å². The summed E-state index contributed by atoms with van der Waals surface area (Å²) in [6, 6.07) is 7.12. The fraction of sp³-hybridized carbons (Fsp3) is 0.545. The van der Waals surface area contributed by atoms with Crippen LogP contribution in [0.3, 0.4) is 0 Å².